The molecule has 1 fully saturated rings. The summed E-state index contributed by atoms with van der Waals surface area (Å²) in [7, 11) is 1.30. The zero-order chi connectivity index (χ0) is 18.8. The number of ether oxygens (including phenoxy) is 2. The van der Waals surface area contributed by atoms with Gasteiger partial charge < -0.3 is 9.47 Å². The number of rotatable bonds is 3. The first kappa shape index (κ1) is 17.4. The van der Waals surface area contributed by atoms with Crippen LogP contribution in [0.5, 0.6) is 0 Å². The summed E-state index contributed by atoms with van der Waals surface area (Å²) in [6.07, 6.45) is 3.96. The van der Waals surface area contributed by atoms with Gasteiger partial charge in [0.15, 0.2) is 6.23 Å². The van der Waals surface area contributed by atoms with Crippen molar-refractivity contribution in [3.05, 3.63) is 58.6 Å². The molecule has 0 aliphatic carbocycles. The molecular weight excluding hydrogens is 346 g/mol. The standard InChI is InChI=1S/C20H19N3O4/c1-26-20(25)17-12-15(13-6-2-3-7-16(13)22-17)14-9-10-21-23(19(14)24)18-8-4-5-11-27-18/h2-3,6-7,9-10,12,18H,4-5,8,11H2,1H3. The van der Waals surface area contributed by atoms with Crippen LogP contribution in [0.1, 0.15) is 36.0 Å². The minimum absolute atomic E-state index is 0.155. The van der Waals surface area contributed by atoms with Crippen molar-refractivity contribution in [2.75, 3.05) is 13.7 Å². The normalized spacial score (nSPS) is 17.0. The topological polar surface area (TPSA) is 83.3 Å². The van der Waals surface area contributed by atoms with E-state index in [0.29, 0.717) is 23.3 Å². The lowest BCUT2D eigenvalue weighted by Gasteiger charge is -2.23. The molecule has 3 aromatic rings. The van der Waals surface area contributed by atoms with E-state index < -0.39 is 5.97 Å². The molecular formula is C20H19N3O4. The molecule has 0 saturated carbocycles. The molecule has 1 unspecified atom stereocenters. The molecule has 138 valence electrons. The molecule has 27 heavy (non-hydrogen) atoms. The Labute approximate surface area is 155 Å². The lowest BCUT2D eigenvalue weighted by atomic mass is 10.0. The second-order valence-electron chi connectivity index (χ2n) is 6.38. The molecule has 0 bridgehead atoms. The Morgan fingerprint density at radius 1 is 1.22 bits per heavy atom. The Hall–Kier alpha value is -3.06. The van der Waals surface area contributed by atoms with Crippen LogP contribution in [0.2, 0.25) is 0 Å². The first-order valence-electron chi connectivity index (χ1n) is 8.87. The third kappa shape index (κ3) is 3.21. The third-order valence-corrected chi connectivity index (χ3v) is 4.70. The SMILES string of the molecule is COC(=O)c1cc(-c2ccnn(C3CCCCO3)c2=O)c2ccccc2n1. The van der Waals surface area contributed by atoms with Gasteiger partial charge in [0.2, 0.25) is 0 Å². The summed E-state index contributed by atoms with van der Waals surface area (Å²) in [4.78, 5) is 29.5. The summed E-state index contributed by atoms with van der Waals surface area (Å²) in [6, 6.07) is 10.6. The molecule has 7 heteroatoms. The number of carbonyl (C=O) groups excluding carboxylic acids is 1. The van der Waals surface area contributed by atoms with E-state index in [9.17, 15) is 9.59 Å². The molecule has 1 aliphatic rings. The molecule has 3 heterocycles. The van der Waals surface area contributed by atoms with Gasteiger partial charge in [0.05, 0.1) is 18.2 Å². The second-order valence-corrected chi connectivity index (χ2v) is 6.38. The van der Waals surface area contributed by atoms with Crippen molar-refractivity contribution in [2.24, 2.45) is 0 Å². The Balaban J connectivity index is 1.92. The largest absolute Gasteiger partial charge is 0.464 e. The van der Waals surface area contributed by atoms with Crippen LogP contribution in [0.4, 0.5) is 0 Å². The van der Waals surface area contributed by atoms with Crippen molar-refractivity contribution < 1.29 is 14.3 Å². The van der Waals surface area contributed by atoms with E-state index in [1.807, 2.05) is 18.2 Å². The number of carbonyl (C=O) groups is 1. The van der Waals surface area contributed by atoms with Gasteiger partial charge in [-0.25, -0.2) is 14.5 Å². The summed E-state index contributed by atoms with van der Waals surface area (Å²) < 4.78 is 11.9. The van der Waals surface area contributed by atoms with Gasteiger partial charge in [0.25, 0.3) is 5.56 Å². The lowest BCUT2D eigenvalue weighted by Crippen LogP contribution is -2.31. The number of fused-ring (bicyclic) bond motifs is 1. The highest BCUT2D eigenvalue weighted by molar-refractivity contribution is 5.99. The van der Waals surface area contributed by atoms with Crippen LogP contribution in [0.25, 0.3) is 22.0 Å². The highest BCUT2D eigenvalue weighted by atomic mass is 16.5. The summed E-state index contributed by atoms with van der Waals surface area (Å²) in [5.41, 5.74) is 1.59. The molecule has 1 aromatic carbocycles. The zero-order valence-electron chi connectivity index (χ0n) is 14.9. The van der Waals surface area contributed by atoms with Gasteiger partial charge in [-0.2, -0.15) is 5.10 Å². The average molecular weight is 365 g/mol. The van der Waals surface area contributed by atoms with E-state index in [2.05, 4.69) is 10.1 Å². The molecule has 4 rings (SSSR count). The second kappa shape index (κ2) is 7.28. The van der Waals surface area contributed by atoms with E-state index in [0.717, 1.165) is 24.6 Å². The predicted molar refractivity (Wildman–Crippen MR) is 99.4 cm³/mol. The van der Waals surface area contributed by atoms with Crippen molar-refractivity contribution in [2.45, 2.75) is 25.5 Å². The average Bonchev–Trinajstić information content (AvgIpc) is 2.73. The van der Waals surface area contributed by atoms with E-state index in [-0.39, 0.29) is 17.5 Å². The van der Waals surface area contributed by atoms with Crippen molar-refractivity contribution in [1.82, 2.24) is 14.8 Å². The van der Waals surface area contributed by atoms with Gasteiger partial charge in [0, 0.05) is 18.2 Å². The smallest absolute Gasteiger partial charge is 0.356 e. The maximum Gasteiger partial charge on any atom is 0.356 e. The highest BCUT2D eigenvalue weighted by Crippen LogP contribution is 2.27. The molecule has 0 spiro atoms. The van der Waals surface area contributed by atoms with Crippen molar-refractivity contribution in [3.8, 4) is 11.1 Å². The zero-order valence-corrected chi connectivity index (χ0v) is 14.9. The summed E-state index contributed by atoms with van der Waals surface area (Å²) in [5, 5.41) is 5.00. The van der Waals surface area contributed by atoms with E-state index in [1.165, 1.54) is 11.8 Å². The van der Waals surface area contributed by atoms with E-state index in [4.69, 9.17) is 9.47 Å². The minimum atomic E-state index is -0.549. The highest BCUT2D eigenvalue weighted by Gasteiger charge is 2.21. The third-order valence-electron chi connectivity index (χ3n) is 4.70. The Morgan fingerprint density at radius 2 is 2.07 bits per heavy atom. The Morgan fingerprint density at radius 3 is 2.85 bits per heavy atom. The number of hydrogen-bond donors (Lipinski definition) is 0. The number of esters is 1. The number of pyridine rings is 1. The lowest BCUT2D eigenvalue weighted by molar-refractivity contribution is -0.0423. The molecule has 0 N–H and O–H groups in total. The van der Waals surface area contributed by atoms with Gasteiger partial charge in [-0.1, -0.05) is 18.2 Å². The fourth-order valence-electron chi connectivity index (χ4n) is 3.36. The van der Waals surface area contributed by atoms with E-state index >= 15 is 0 Å². The molecule has 1 atom stereocenters. The van der Waals surface area contributed by atoms with Gasteiger partial charge >= 0.3 is 5.97 Å². The van der Waals surface area contributed by atoms with Crippen molar-refractivity contribution in [1.29, 1.82) is 0 Å². The Bertz CT molecular complexity index is 1050. The molecule has 2 aromatic heterocycles. The van der Waals surface area contributed by atoms with Gasteiger partial charge in [0.1, 0.15) is 5.69 Å². The van der Waals surface area contributed by atoms with E-state index in [1.54, 1.807) is 24.4 Å². The van der Waals surface area contributed by atoms with Gasteiger partial charge in [-0.15, -0.1) is 0 Å². The van der Waals surface area contributed by atoms with Crippen LogP contribution in [0.15, 0.2) is 47.4 Å². The van der Waals surface area contributed by atoms with Crippen LogP contribution in [-0.2, 0) is 9.47 Å². The molecule has 1 aliphatic heterocycles. The number of para-hydroxylation sites is 1. The van der Waals surface area contributed by atoms with Crippen LogP contribution < -0.4 is 5.56 Å². The fraction of sp³-hybridized carbons (Fsp3) is 0.300. The summed E-state index contributed by atoms with van der Waals surface area (Å²) in [6.45, 7) is 0.619. The first-order chi connectivity index (χ1) is 13.2. The van der Waals surface area contributed by atoms with Crippen molar-refractivity contribution in [3.63, 3.8) is 0 Å². The van der Waals surface area contributed by atoms with Crippen LogP contribution in [0.3, 0.4) is 0 Å². The van der Waals surface area contributed by atoms with Gasteiger partial charge in [-0.05, 0) is 43.0 Å². The van der Waals surface area contributed by atoms with Crippen LogP contribution in [-0.4, -0.2) is 34.5 Å². The first-order valence-corrected chi connectivity index (χ1v) is 8.87. The Kier molecular flexibility index (Phi) is 4.68. The number of hydrogen-bond acceptors (Lipinski definition) is 6. The molecule has 1 saturated heterocycles. The molecule has 0 amide bonds. The van der Waals surface area contributed by atoms with Crippen LogP contribution in [0, 0.1) is 0 Å². The number of methoxy groups -OCH3 is 1. The summed E-state index contributed by atoms with van der Waals surface area (Å²) >= 11 is 0. The fourth-order valence-corrected chi connectivity index (χ4v) is 3.36. The monoisotopic (exact) mass is 365 g/mol. The van der Waals surface area contributed by atoms with Gasteiger partial charge in [-0.3, -0.25) is 4.79 Å². The maximum absolute atomic E-state index is 13.1. The van der Waals surface area contributed by atoms with Crippen molar-refractivity contribution >= 4 is 16.9 Å². The molecule has 7 nitrogen and oxygen atoms in total. The summed E-state index contributed by atoms with van der Waals surface area (Å²) in [5.74, 6) is -0.549. The minimum Gasteiger partial charge on any atom is -0.464 e. The molecule has 0 radical (unpaired) electrons. The van der Waals surface area contributed by atoms with Crippen LogP contribution >= 0.6 is 0 Å². The number of benzene rings is 1. The quantitative estimate of drug-likeness (QED) is 0.664. The number of nitrogens with zero attached hydrogens (tertiary/aromatic N) is 3. The maximum atomic E-state index is 13.1. The number of aromatic nitrogens is 3. The predicted octanol–water partition coefficient (Wildman–Crippen LogP) is 2.94.